The molecule has 1 amide bonds. The van der Waals surface area contributed by atoms with Crippen molar-refractivity contribution in [2.75, 3.05) is 0 Å². The van der Waals surface area contributed by atoms with Gasteiger partial charge in [0.1, 0.15) is 12.9 Å². The predicted octanol–water partition coefficient (Wildman–Crippen LogP) is 2.89. The zero-order valence-electron chi connectivity index (χ0n) is 15.6. The van der Waals surface area contributed by atoms with Gasteiger partial charge in [0, 0.05) is 17.3 Å². The van der Waals surface area contributed by atoms with Crippen LogP contribution in [0.3, 0.4) is 0 Å². The average Bonchev–Trinajstić information content (AvgIpc) is 2.68. The summed E-state index contributed by atoms with van der Waals surface area (Å²) in [5.74, 6) is 0.325. The number of hydrogen-bond donors (Lipinski definition) is 1. The van der Waals surface area contributed by atoms with Crippen LogP contribution in [0.1, 0.15) is 30.2 Å². The smallest absolute Gasteiger partial charge is 0.263 e. The molecule has 1 atom stereocenters. The predicted molar refractivity (Wildman–Crippen MR) is 108 cm³/mol. The monoisotopic (exact) mass is 396 g/mol. The molecule has 0 fully saturated rings. The van der Waals surface area contributed by atoms with Gasteiger partial charge >= 0.3 is 0 Å². The number of aromatic nitrogens is 3. The minimum absolute atomic E-state index is 0.0875. The van der Waals surface area contributed by atoms with Crippen molar-refractivity contribution in [2.24, 2.45) is 5.92 Å². The molecule has 0 radical (unpaired) electrons. The lowest BCUT2D eigenvalue weighted by atomic mass is 9.87. The van der Waals surface area contributed by atoms with E-state index in [4.69, 9.17) is 11.6 Å². The van der Waals surface area contributed by atoms with Gasteiger partial charge in [-0.15, -0.1) is 0 Å². The van der Waals surface area contributed by atoms with Crippen LogP contribution in [0.4, 0.5) is 0 Å². The lowest BCUT2D eigenvalue weighted by Crippen LogP contribution is -2.32. The molecule has 1 aliphatic carbocycles. The summed E-state index contributed by atoms with van der Waals surface area (Å²) < 4.78 is 1.33. The third-order valence-corrected chi connectivity index (χ3v) is 5.35. The standard InChI is InChI=1S/C21H21ClN4O2/c1-13-5-6-18-15(7-13)9-17-20(25-18)24-12-26(21(17)28)11-19(27)23-10-14-3-2-4-16(22)8-14/h2-4,8-9,12-13H,5-7,10-11H2,1H3,(H,23,27)/t13-/m1/s1. The molecule has 2 heterocycles. The zero-order chi connectivity index (χ0) is 19.7. The lowest BCUT2D eigenvalue weighted by Gasteiger charge is -2.20. The van der Waals surface area contributed by atoms with Crippen LogP contribution in [0.25, 0.3) is 11.0 Å². The number of fused-ring (bicyclic) bond motifs is 2. The molecule has 0 spiro atoms. The van der Waals surface area contributed by atoms with Crippen molar-refractivity contribution in [1.82, 2.24) is 19.9 Å². The molecule has 6 nitrogen and oxygen atoms in total. The molecule has 0 bridgehead atoms. The summed E-state index contributed by atoms with van der Waals surface area (Å²) >= 11 is 5.95. The van der Waals surface area contributed by atoms with Gasteiger partial charge in [-0.3, -0.25) is 14.2 Å². The van der Waals surface area contributed by atoms with E-state index >= 15 is 0 Å². The van der Waals surface area contributed by atoms with Gasteiger partial charge in [-0.25, -0.2) is 9.97 Å². The van der Waals surface area contributed by atoms with E-state index in [0.717, 1.165) is 36.1 Å². The number of aryl methyl sites for hydroxylation is 1. The normalized spacial score (nSPS) is 16.0. The summed E-state index contributed by atoms with van der Waals surface area (Å²) in [5, 5.41) is 3.89. The van der Waals surface area contributed by atoms with Crippen LogP contribution < -0.4 is 10.9 Å². The Bertz CT molecular complexity index is 1110. The van der Waals surface area contributed by atoms with Crippen LogP contribution >= 0.6 is 11.6 Å². The summed E-state index contributed by atoms with van der Waals surface area (Å²) in [6.45, 7) is 2.47. The minimum atomic E-state index is -0.261. The van der Waals surface area contributed by atoms with Crippen molar-refractivity contribution in [3.8, 4) is 0 Å². The van der Waals surface area contributed by atoms with Gasteiger partial charge in [0.25, 0.3) is 5.56 Å². The number of hydrogen-bond acceptors (Lipinski definition) is 4. The highest BCUT2D eigenvalue weighted by Crippen LogP contribution is 2.25. The maximum Gasteiger partial charge on any atom is 0.263 e. The van der Waals surface area contributed by atoms with Crippen molar-refractivity contribution < 1.29 is 4.79 Å². The summed E-state index contributed by atoms with van der Waals surface area (Å²) in [4.78, 5) is 34.0. The first kappa shape index (κ1) is 18.6. The molecule has 7 heteroatoms. The highest BCUT2D eigenvalue weighted by molar-refractivity contribution is 6.30. The van der Waals surface area contributed by atoms with Crippen LogP contribution in [0.2, 0.25) is 5.02 Å². The molecule has 1 aromatic carbocycles. The van der Waals surface area contributed by atoms with Gasteiger partial charge in [0.15, 0.2) is 5.65 Å². The van der Waals surface area contributed by atoms with Gasteiger partial charge in [-0.2, -0.15) is 0 Å². The molecule has 144 valence electrons. The van der Waals surface area contributed by atoms with Crippen LogP contribution in [0.15, 0.2) is 41.5 Å². The number of benzene rings is 1. The summed E-state index contributed by atoms with van der Waals surface area (Å²) in [7, 11) is 0. The van der Waals surface area contributed by atoms with Gasteiger partial charge in [-0.1, -0.05) is 30.7 Å². The Labute approximate surface area is 167 Å². The molecule has 0 aliphatic heterocycles. The zero-order valence-corrected chi connectivity index (χ0v) is 16.4. The Morgan fingerprint density at radius 3 is 3.04 bits per heavy atom. The van der Waals surface area contributed by atoms with Crippen LogP contribution in [-0.2, 0) is 30.7 Å². The average molecular weight is 397 g/mol. The van der Waals surface area contributed by atoms with Crippen LogP contribution in [0, 0.1) is 5.92 Å². The molecule has 0 saturated heterocycles. The Hall–Kier alpha value is -2.73. The molecule has 4 rings (SSSR count). The highest BCUT2D eigenvalue weighted by Gasteiger charge is 2.19. The van der Waals surface area contributed by atoms with E-state index in [2.05, 4.69) is 22.2 Å². The van der Waals surface area contributed by atoms with Crippen molar-refractivity contribution in [2.45, 2.75) is 39.3 Å². The van der Waals surface area contributed by atoms with Crippen molar-refractivity contribution in [1.29, 1.82) is 0 Å². The maximum absolute atomic E-state index is 12.8. The molecule has 1 N–H and O–H groups in total. The Kier molecular flexibility index (Phi) is 5.13. The third-order valence-electron chi connectivity index (χ3n) is 5.12. The molecule has 2 aromatic heterocycles. The summed E-state index contributed by atoms with van der Waals surface area (Å²) in [6, 6.07) is 9.19. The number of carbonyl (C=O) groups excluding carboxylic acids is 1. The van der Waals surface area contributed by atoms with Crippen molar-refractivity contribution in [3.05, 3.63) is 68.9 Å². The van der Waals surface area contributed by atoms with E-state index in [9.17, 15) is 9.59 Å². The first-order valence-electron chi connectivity index (χ1n) is 9.38. The van der Waals surface area contributed by atoms with Gasteiger partial charge in [-0.05, 0) is 54.5 Å². The molecular weight excluding hydrogens is 376 g/mol. The molecule has 28 heavy (non-hydrogen) atoms. The fraction of sp³-hybridized carbons (Fsp3) is 0.333. The Balaban J connectivity index is 1.53. The molecular formula is C21H21ClN4O2. The molecule has 0 saturated carbocycles. The van der Waals surface area contributed by atoms with E-state index in [-0.39, 0.29) is 18.0 Å². The highest BCUT2D eigenvalue weighted by atomic mass is 35.5. The van der Waals surface area contributed by atoms with Gasteiger partial charge in [0.2, 0.25) is 5.91 Å². The van der Waals surface area contributed by atoms with E-state index in [1.54, 1.807) is 12.1 Å². The minimum Gasteiger partial charge on any atom is -0.350 e. The van der Waals surface area contributed by atoms with Gasteiger partial charge < -0.3 is 5.32 Å². The number of carbonyl (C=O) groups is 1. The van der Waals surface area contributed by atoms with E-state index in [0.29, 0.717) is 28.5 Å². The van der Waals surface area contributed by atoms with Crippen molar-refractivity contribution in [3.63, 3.8) is 0 Å². The molecule has 3 aromatic rings. The van der Waals surface area contributed by atoms with Crippen LogP contribution in [0.5, 0.6) is 0 Å². The van der Waals surface area contributed by atoms with Crippen LogP contribution in [-0.4, -0.2) is 20.4 Å². The quantitative estimate of drug-likeness (QED) is 0.735. The van der Waals surface area contributed by atoms with Crippen molar-refractivity contribution >= 4 is 28.5 Å². The second-order valence-corrected chi connectivity index (χ2v) is 7.83. The number of rotatable bonds is 4. The first-order valence-corrected chi connectivity index (χ1v) is 9.76. The molecule has 0 unspecified atom stereocenters. The maximum atomic E-state index is 12.8. The number of nitrogens with zero attached hydrogens (tertiary/aromatic N) is 3. The number of nitrogens with one attached hydrogen (secondary N) is 1. The lowest BCUT2D eigenvalue weighted by molar-refractivity contribution is -0.121. The second kappa shape index (κ2) is 7.72. The topological polar surface area (TPSA) is 76.9 Å². The Morgan fingerprint density at radius 2 is 2.21 bits per heavy atom. The first-order chi connectivity index (χ1) is 13.5. The number of pyridine rings is 1. The summed E-state index contributed by atoms with van der Waals surface area (Å²) in [5.41, 5.74) is 3.27. The van der Waals surface area contributed by atoms with E-state index < -0.39 is 0 Å². The van der Waals surface area contributed by atoms with E-state index in [1.807, 2.05) is 18.2 Å². The number of halogens is 1. The van der Waals surface area contributed by atoms with Gasteiger partial charge in [0.05, 0.1) is 5.39 Å². The fourth-order valence-corrected chi connectivity index (χ4v) is 3.81. The second-order valence-electron chi connectivity index (χ2n) is 7.40. The summed E-state index contributed by atoms with van der Waals surface area (Å²) in [6.07, 6.45) is 4.35. The Morgan fingerprint density at radius 1 is 1.36 bits per heavy atom. The molecule has 1 aliphatic rings. The number of amides is 1. The van der Waals surface area contributed by atoms with E-state index in [1.165, 1.54) is 10.9 Å². The third kappa shape index (κ3) is 3.92. The SMILES string of the molecule is C[C@@H]1CCc2nc3ncn(CC(=O)NCc4cccc(Cl)c4)c(=O)c3cc2C1. The largest absolute Gasteiger partial charge is 0.350 e. The fourth-order valence-electron chi connectivity index (χ4n) is 3.59.